The van der Waals surface area contributed by atoms with Crippen LogP contribution >= 0.6 is 0 Å². The molecule has 0 aromatic heterocycles. The van der Waals surface area contributed by atoms with E-state index < -0.39 is 0 Å². The van der Waals surface area contributed by atoms with Crippen LogP contribution in [0.3, 0.4) is 0 Å². The molecule has 2 rings (SSSR count). The van der Waals surface area contributed by atoms with Crippen molar-refractivity contribution >= 4 is 0 Å². The maximum Gasteiger partial charge on any atom is 0.0576 e. The van der Waals surface area contributed by atoms with Crippen molar-refractivity contribution in [2.24, 2.45) is 5.73 Å². The summed E-state index contributed by atoms with van der Waals surface area (Å²) >= 11 is 0. The van der Waals surface area contributed by atoms with Gasteiger partial charge in [-0.15, -0.1) is 0 Å². The number of hydrogen-bond acceptors (Lipinski definition) is 3. The zero-order valence-corrected chi connectivity index (χ0v) is 10.5. The molecule has 16 heavy (non-hydrogen) atoms. The van der Waals surface area contributed by atoms with E-state index in [0.717, 1.165) is 25.5 Å². The fourth-order valence-electron chi connectivity index (χ4n) is 2.67. The number of nitrogens with zero attached hydrogens (tertiary/aromatic N) is 1. The predicted molar refractivity (Wildman–Crippen MR) is 66.5 cm³/mol. The minimum Gasteiger partial charge on any atom is -0.378 e. The van der Waals surface area contributed by atoms with Crippen molar-refractivity contribution in [1.82, 2.24) is 4.90 Å². The van der Waals surface area contributed by atoms with Crippen molar-refractivity contribution in [2.45, 2.75) is 63.6 Å². The van der Waals surface area contributed by atoms with Crippen molar-refractivity contribution in [2.75, 3.05) is 19.7 Å². The smallest absolute Gasteiger partial charge is 0.0576 e. The first-order valence-electron chi connectivity index (χ1n) is 6.87. The van der Waals surface area contributed by atoms with Gasteiger partial charge in [0, 0.05) is 25.2 Å². The number of rotatable bonds is 5. The van der Waals surface area contributed by atoms with Crippen LogP contribution in [0.4, 0.5) is 0 Å². The molecule has 1 aliphatic carbocycles. The molecule has 1 heterocycles. The first-order valence-corrected chi connectivity index (χ1v) is 6.87. The molecule has 2 fully saturated rings. The molecule has 0 radical (unpaired) electrons. The number of hydrogen-bond donors (Lipinski definition) is 1. The van der Waals surface area contributed by atoms with Crippen molar-refractivity contribution in [3.63, 3.8) is 0 Å². The molecular formula is C13H26N2O. The van der Waals surface area contributed by atoms with Crippen LogP contribution in [0.1, 0.15) is 45.4 Å². The lowest BCUT2D eigenvalue weighted by atomic mass is 9.94. The summed E-state index contributed by atoms with van der Waals surface area (Å²) in [6, 6.07) is 1.24. The lowest BCUT2D eigenvalue weighted by Crippen LogP contribution is -2.46. The zero-order chi connectivity index (χ0) is 11.4. The summed E-state index contributed by atoms with van der Waals surface area (Å²) in [5, 5.41) is 0. The molecule has 2 aliphatic rings. The molecule has 0 spiro atoms. The van der Waals surface area contributed by atoms with E-state index in [1.54, 1.807) is 0 Å². The van der Waals surface area contributed by atoms with Gasteiger partial charge in [-0.3, -0.25) is 0 Å². The van der Waals surface area contributed by atoms with Gasteiger partial charge in [0.2, 0.25) is 0 Å². The Balaban J connectivity index is 1.48. The number of ether oxygens (including phenoxy) is 1. The van der Waals surface area contributed by atoms with E-state index >= 15 is 0 Å². The minimum absolute atomic E-state index is 0.432. The largest absolute Gasteiger partial charge is 0.378 e. The normalized spacial score (nSPS) is 36.0. The van der Waals surface area contributed by atoms with Crippen LogP contribution in [0.15, 0.2) is 0 Å². The topological polar surface area (TPSA) is 38.5 Å². The quantitative estimate of drug-likeness (QED) is 0.726. The summed E-state index contributed by atoms with van der Waals surface area (Å²) in [7, 11) is 0. The minimum atomic E-state index is 0.432. The highest BCUT2D eigenvalue weighted by Gasteiger charge is 2.22. The Morgan fingerprint density at radius 2 is 1.94 bits per heavy atom. The van der Waals surface area contributed by atoms with Crippen LogP contribution in [0.2, 0.25) is 0 Å². The van der Waals surface area contributed by atoms with Crippen molar-refractivity contribution in [3.8, 4) is 0 Å². The third-order valence-electron chi connectivity index (χ3n) is 4.12. The summed E-state index contributed by atoms with van der Waals surface area (Å²) in [5.41, 5.74) is 5.87. The SMILES string of the molecule is CC1CCN1CCCOC1CCC(N)CC1. The molecule has 1 atom stereocenters. The zero-order valence-electron chi connectivity index (χ0n) is 10.5. The summed E-state index contributed by atoms with van der Waals surface area (Å²) in [5.74, 6) is 0. The lowest BCUT2D eigenvalue weighted by molar-refractivity contribution is 0.0130. The second kappa shape index (κ2) is 5.99. The fraction of sp³-hybridized carbons (Fsp3) is 1.00. The standard InChI is InChI=1S/C13H26N2O/c1-11-7-9-15(11)8-2-10-16-13-5-3-12(14)4-6-13/h11-13H,2-10,14H2,1H3. The van der Waals surface area contributed by atoms with E-state index in [1.807, 2.05) is 0 Å². The van der Waals surface area contributed by atoms with Crippen LogP contribution in [0, 0.1) is 0 Å². The summed E-state index contributed by atoms with van der Waals surface area (Å²) in [4.78, 5) is 2.54. The highest BCUT2D eigenvalue weighted by atomic mass is 16.5. The van der Waals surface area contributed by atoms with Gasteiger partial charge >= 0.3 is 0 Å². The summed E-state index contributed by atoms with van der Waals surface area (Å²) < 4.78 is 5.90. The molecule has 0 amide bonds. The summed E-state index contributed by atoms with van der Waals surface area (Å²) in [6.45, 7) is 5.75. The van der Waals surface area contributed by atoms with Gasteiger partial charge in [0.1, 0.15) is 0 Å². The van der Waals surface area contributed by atoms with Gasteiger partial charge in [0.05, 0.1) is 6.10 Å². The van der Waals surface area contributed by atoms with E-state index in [4.69, 9.17) is 10.5 Å². The molecule has 1 aliphatic heterocycles. The average molecular weight is 226 g/mol. The van der Waals surface area contributed by atoms with E-state index in [1.165, 1.54) is 38.8 Å². The Hall–Kier alpha value is -0.120. The molecule has 3 heteroatoms. The maximum absolute atomic E-state index is 5.90. The van der Waals surface area contributed by atoms with E-state index in [2.05, 4.69) is 11.8 Å². The lowest BCUT2D eigenvalue weighted by Gasteiger charge is -2.38. The molecule has 0 aromatic rings. The first kappa shape index (κ1) is 12.3. The Morgan fingerprint density at radius 1 is 1.19 bits per heavy atom. The highest BCUT2D eigenvalue weighted by Crippen LogP contribution is 2.20. The maximum atomic E-state index is 5.90. The molecule has 94 valence electrons. The molecule has 1 unspecified atom stereocenters. The highest BCUT2D eigenvalue weighted by molar-refractivity contribution is 4.78. The third-order valence-corrected chi connectivity index (χ3v) is 4.12. The van der Waals surface area contributed by atoms with Crippen molar-refractivity contribution in [3.05, 3.63) is 0 Å². The molecule has 1 saturated heterocycles. The van der Waals surface area contributed by atoms with Gasteiger partial charge in [0.15, 0.2) is 0 Å². The molecule has 0 bridgehead atoms. The van der Waals surface area contributed by atoms with Gasteiger partial charge in [-0.1, -0.05) is 0 Å². The Bertz CT molecular complexity index is 202. The number of nitrogens with two attached hydrogens (primary N) is 1. The third kappa shape index (κ3) is 3.44. The molecular weight excluding hydrogens is 200 g/mol. The van der Waals surface area contributed by atoms with E-state index in [-0.39, 0.29) is 0 Å². The Kier molecular flexibility index (Phi) is 4.62. The fourth-order valence-corrected chi connectivity index (χ4v) is 2.67. The molecule has 3 nitrogen and oxygen atoms in total. The Morgan fingerprint density at radius 3 is 2.50 bits per heavy atom. The Labute approximate surface area is 99.3 Å². The first-order chi connectivity index (χ1) is 7.75. The monoisotopic (exact) mass is 226 g/mol. The van der Waals surface area contributed by atoms with Gasteiger partial charge in [-0.2, -0.15) is 0 Å². The van der Waals surface area contributed by atoms with E-state index in [9.17, 15) is 0 Å². The van der Waals surface area contributed by atoms with Gasteiger partial charge in [-0.05, 0) is 52.0 Å². The van der Waals surface area contributed by atoms with Crippen LogP contribution in [0.5, 0.6) is 0 Å². The van der Waals surface area contributed by atoms with Crippen LogP contribution in [-0.2, 0) is 4.74 Å². The molecule has 2 N–H and O–H groups in total. The predicted octanol–water partition coefficient (Wildman–Crippen LogP) is 1.76. The van der Waals surface area contributed by atoms with Crippen LogP contribution < -0.4 is 5.73 Å². The van der Waals surface area contributed by atoms with Gasteiger partial charge in [-0.25, -0.2) is 0 Å². The molecule has 1 saturated carbocycles. The van der Waals surface area contributed by atoms with Gasteiger partial charge < -0.3 is 15.4 Å². The van der Waals surface area contributed by atoms with Crippen LogP contribution in [0.25, 0.3) is 0 Å². The second-order valence-electron chi connectivity index (χ2n) is 5.43. The van der Waals surface area contributed by atoms with Gasteiger partial charge in [0.25, 0.3) is 0 Å². The average Bonchev–Trinajstić information content (AvgIpc) is 2.29. The van der Waals surface area contributed by atoms with E-state index in [0.29, 0.717) is 12.1 Å². The van der Waals surface area contributed by atoms with Crippen molar-refractivity contribution in [1.29, 1.82) is 0 Å². The summed E-state index contributed by atoms with van der Waals surface area (Å²) in [6.07, 6.45) is 7.69. The molecule has 0 aromatic carbocycles. The number of likely N-dealkylation sites (tertiary alicyclic amines) is 1. The van der Waals surface area contributed by atoms with Crippen molar-refractivity contribution < 1.29 is 4.74 Å². The van der Waals surface area contributed by atoms with Crippen LogP contribution in [-0.4, -0.2) is 42.8 Å². The second-order valence-corrected chi connectivity index (χ2v) is 5.43.